The minimum atomic E-state index is -2.69. The summed E-state index contributed by atoms with van der Waals surface area (Å²) in [5.41, 5.74) is 2.06. The first-order valence-corrected chi connectivity index (χ1v) is 13.4. The molecule has 12 nitrogen and oxygen atoms in total. The number of nitrogens with zero attached hydrogens (tertiary/aromatic N) is 2. The third kappa shape index (κ3) is 5.15. The summed E-state index contributed by atoms with van der Waals surface area (Å²) in [4.78, 5) is 55.2. The van der Waals surface area contributed by atoms with Gasteiger partial charge in [0.05, 0.1) is 23.8 Å². The summed E-state index contributed by atoms with van der Waals surface area (Å²) in [6.45, 7) is 1.77. The Labute approximate surface area is 255 Å². The first-order chi connectivity index (χ1) is 18.9. The standard InChI is InChI=1S/C28H34N4O8.2ClH/c1-31(2)21-15-11-14-10-13-6-7-16(30-17(33)12-32-8-4-3-5-9-32)22(34)18(13)23(35)19(14)25(37)28(15,40)26(38)20(24(21)36)27(29)39;;/h6-7,14-15,21,34-35,38,40H,3-5,8-12H2,1-2H3,(H2,29,39)(H,30,33);2*1H/t14?,15?,21-,28-;;/m0../s1. The Morgan fingerprint density at radius 2 is 1.74 bits per heavy atom. The van der Waals surface area contributed by atoms with Crippen molar-refractivity contribution in [2.75, 3.05) is 39.0 Å². The van der Waals surface area contributed by atoms with Crippen LogP contribution in [0.5, 0.6) is 5.75 Å². The van der Waals surface area contributed by atoms with Gasteiger partial charge < -0.3 is 31.5 Å². The molecule has 2 amide bonds. The number of aliphatic hydroxyl groups is 3. The second-order valence-electron chi connectivity index (χ2n) is 11.3. The van der Waals surface area contributed by atoms with Gasteiger partial charge in [0.25, 0.3) is 5.91 Å². The quantitative estimate of drug-likeness (QED) is 0.204. The highest BCUT2D eigenvalue weighted by atomic mass is 35.5. The molecule has 1 saturated heterocycles. The number of fused-ring (bicyclic) bond motifs is 3. The number of amides is 2. The predicted molar refractivity (Wildman–Crippen MR) is 158 cm³/mol. The smallest absolute Gasteiger partial charge is 0.255 e. The Balaban J connectivity index is 0.00000242. The molecular formula is C28H36Cl2N4O8. The second kappa shape index (κ2) is 12.2. The van der Waals surface area contributed by atoms with Crippen LogP contribution >= 0.6 is 24.8 Å². The van der Waals surface area contributed by atoms with Crippen molar-refractivity contribution in [3.05, 3.63) is 40.2 Å². The Hall–Kier alpha value is -3.16. The number of aliphatic hydroxyl groups excluding tert-OH is 2. The molecule has 0 spiro atoms. The van der Waals surface area contributed by atoms with Gasteiger partial charge in [0, 0.05) is 11.5 Å². The van der Waals surface area contributed by atoms with Crippen LogP contribution < -0.4 is 11.1 Å². The fourth-order valence-corrected chi connectivity index (χ4v) is 6.83. The number of likely N-dealkylation sites (N-methyl/N-ethyl adjacent to an activating group) is 1. The molecule has 0 aromatic heterocycles. The van der Waals surface area contributed by atoms with Crippen molar-refractivity contribution >= 4 is 59.6 Å². The zero-order chi connectivity index (χ0) is 29.1. The molecule has 0 radical (unpaired) electrons. The van der Waals surface area contributed by atoms with E-state index in [0.29, 0.717) is 5.56 Å². The van der Waals surface area contributed by atoms with E-state index in [0.717, 1.165) is 32.4 Å². The van der Waals surface area contributed by atoms with Crippen molar-refractivity contribution in [2.45, 2.75) is 43.7 Å². The summed E-state index contributed by atoms with van der Waals surface area (Å²) in [6, 6.07) is 2.03. The van der Waals surface area contributed by atoms with E-state index < -0.39 is 63.8 Å². The molecule has 7 N–H and O–H groups in total. The lowest BCUT2D eigenvalue weighted by Crippen LogP contribution is -2.65. The first-order valence-electron chi connectivity index (χ1n) is 13.4. The van der Waals surface area contributed by atoms with Crippen molar-refractivity contribution in [1.82, 2.24) is 9.80 Å². The van der Waals surface area contributed by atoms with Gasteiger partial charge in [-0.3, -0.25) is 29.0 Å². The summed E-state index contributed by atoms with van der Waals surface area (Å²) in [6.07, 6.45) is 3.34. The Morgan fingerprint density at radius 1 is 1.10 bits per heavy atom. The molecule has 5 rings (SSSR count). The monoisotopic (exact) mass is 626 g/mol. The van der Waals surface area contributed by atoms with Gasteiger partial charge >= 0.3 is 0 Å². The minimum Gasteiger partial charge on any atom is -0.508 e. The number of piperidine rings is 1. The van der Waals surface area contributed by atoms with E-state index >= 15 is 0 Å². The van der Waals surface area contributed by atoms with Crippen LogP contribution in [0, 0.1) is 11.8 Å². The fourth-order valence-electron chi connectivity index (χ4n) is 6.83. The molecule has 3 aliphatic carbocycles. The topological polar surface area (TPSA) is 194 Å². The van der Waals surface area contributed by atoms with Crippen LogP contribution in [-0.4, -0.2) is 99.0 Å². The zero-order valence-electron chi connectivity index (χ0n) is 23.3. The van der Waals surface area contributed by atoms with E-state index in [4.69, 9.17) is 5.73 Å². The van der Waals surface area contributed by atoms with E-state index in [1.54, 1.807) is 20.2 Å². The number of anilines is 1. The molecule has 2 unspecified atom stereocenters. The van der Waals surface area contributed by atoms with E-state index in [2.05, 4.69) is 5.32 Å². The number of rotatable bonds is 5. The number of benzene rings is 1. The average molecular weight is 628 g/mol. The number of primary amides is 1. The van der Waals surface area contributed by atoms with Crippen molar-refractivity contribution in [3.8, 4) is 5.75 Å². The van der Waals surface area contributed by atoms with Gasteiger partial charge in [0.1, 0.15) is 22.8 Å². The highest BCUT2D eigenvalue weighted by Gasteiger charge is 2.64. The number of phenols is 1. The maximum absolute atomic E-state index is 13.9. The number of ketones is 2. The third-order valence-electron chi connectivity index (χ3n) is 8.68. The Morgan fingerprint density at radius 3 is 2.33 bits per heavy atom. The van der Waals surface area contributed by atoms with Crippen LogP contribution in [0.15, 0.2) is 29.0 Å². The van der Waals surface area contributed by atoms with Crippen molar-refractivity contribution in [3.63, 3.8) is 0 Å². The van der Waals surface area contributed by atoms with Crippen LogP contribution in [0.1, 0.15) is 36.8 Å². The third-order valence-corrected chi connectivity index (χ3v) is 8.68. The van der Waals surface area contributed by atoms with Gasteiger partial charge in [-0.1, -0.05) is 12.5 Å². The molecule has 1 saturated carbocycles. The van der Waals surface area contributed by atoms with Crippen LogP contribution in [0.25, 0.3) is 5.76 Å². The molecule has 2 fully saturated rings. The summed E-state index contributed by atoms with van der Waals surface area (Å²) in [7, 11) is 3.10. The van der Waals surface area contributed by atoms with Crippen molar-refractivity contribution in [1.29, 1.82) is 0 Å². The SMILES string of the molecule is CN(C)[C@@H]1C(=O)C(C(N)=O)=C(O)[C@@]2(O)C(=O)C3=C(O)c4c(ccc(NC(=O)CN5CCCCC5)c4O)CC3CC12.Cl.Cl. The number of halogens is 2. The molecule has 1 aromatic carbocycles. The number of nitrogens with two attached hydrogens (primary N) is 1. The minimum absolute atomic E-state index is 0. The van der Waals surface area contributed by atoms with E-state index in [1.165, 1.54) is 11.0 Å². The molecule has 230 valence electrons. The van der Waals surface area contributed by atoms with E-state index in [1.807, 2.05) is 4.90 Å². The Bertz CT molecular complexity index is 1390. The molecular weight excluding hydrogens is 591 g/mol. The lowest BCUT2D eigenvalue weighted by atomic mass is 9.57. The maximum Gasteiger partial charge on any atom is 0.255 e. The van der Waals surface area contributed by atoms with Crippen LogP contribution in [0.4, 0.5) is 5.69 Å². The lowest BCUT2D eigenvalue weighted by molar-refractivity contribution is -0.153. The fraction of sp³-hybridized carbons (Fsp3) is 0.500. The maximum atomic E-state index is 13.9. The van der Waals surface area contributed by atoms with Crippen molar-refractivity contribution < 1.29 is 39.6 Å². The zero-order valence-corrected chi connectivity index (χ0v) is 24.9. The summed E-state index contributed by atoms with van der Waals surface area (Å²) < 4.78 is 0. The number of likely N-dealkylation sites (tertiary alicyclic amines) is 1. The number of aromatic hydroxyl groups is 1. The number of hydrogen-bond acceptors (Lipinski definition) is 10. The predicted octanol–water partition coefficient (Wildman–Crippen LogP) is 1.23. The van der Waals surface area contributed by atoms with Crippen molar-refractivity contribution in [2.24, 2.45) is 17.6 Å². The highest BCUT2D eigenvalue weighted by Crippen LogP contribution is 2.53. The normalized spacial score (nSPS) is 27.4. The molecule has 0 bridgehead atoms. The summed E-state index contributed by atoms with van der Waals surface area (Å²) >= 11 is 0. The van der Waals surface area contributed by atoms with Gasteiger partial charge in [0.2, 0.25) is 11.7 Å². The van der Waals surface area contributed by atoms with Gasteiger partial charge in [-0.25, -0.2) is 0 Å². The number of Topliss-reactive ketones (excluding diaryl/α,β-unsaturated/α-hetero) is 2. The van der Waals surface area contributed by atoms with Crippen LogP contribution in [0.2, 0.25) is 0 Å². The number of phenolic OH excluding ortho intramolecular Hbond substituents is 1. The molecule has 1 aliphatic heterocycles. The molecule has 4 aliphatic rings. The highest BCUT2D eigenvalue weighted by molar-refractivity contribution is 6.24. The van der Waals surface area contributed by atoms with E-state index in [9.17, 15) is 39.6 Å². The van der Waals surface area contributed by atoms with Gasteiger partial charge in [0.15, 0.2) is 11.4 Å². The van der Waals surface area contributed by atoms with Gasteiger partial charge in [-0.15, -0.1) is 24.8 Å². The summed E-state index contributed by atoms with van der Waals surface area (Å²) in [5, 5.41) is 47.7. The number of carbonyl (C=O) groups is 4. The van der Waals surface area contributed by atoms with Crippen LogP contribution in [-0.2, 0) is 25.6 Å². The average Bonchev–Trinajstić information content (AvgIpc) is 2.88. The van der Waals surface area contributed by atoms with E-state index in [-0.39, 0.29) is 66.9 Å². The molecule has 42 heavy (non-hydrogen) atoms. The lowest BCUT2D eigenvalue weighted by Gasteiger charge is -2.50. The molecule has 1 aromatic rings. The van der Waals surface area contributed by atoms with Gasteiger partial charge in [-0.05, 0) is 70.4 Å². The van der Waals surface area contributed by atoms with Crippen LogP contribution in [0.3, 0.4) is 0 Å². The largest absolute Gasteiger partial charge is 0.508 e. The molecule has 1 heterocycles. The van der Waals surface area contributed by atoms with Gasteiger partial charge in [-0.2, -0.15) is 0 Å². The molecule has 4 atom stereocenters. The number of hydrogen-bond donors (Lipinski definition) is 6. The second-order valence-corrected chi connectivity index (χ2v) is 11.3. The Kier molecular flexibility index (Phi) is 9.70. The first kappa shape index (κ1) is 33.3. The summed E-state index contributed by atoms with van der Waals surface area (Å²) in [5.74, 6) is -7.44. The number of nitrogens with one attached hydrogen (secondary N) is 1. The number of carbonyl (C=O) groups excluding carboxylic acids is 4. The molecule has 14 heteroatoms.